The number of halogens is 2. The van der Waals surface area contributed by atoms with Gasteiger partial charge < -0.3 is 37.4 Å². The summed E-state index contributed by atoms with van der Waals surface area (Å²) < 4.78 is 65.6. The van der Waals surface area contributed by atoms with E-state index in [1.165, 1.54) is 11.0 Å². The van der Waals surface area contributed by atoms with Gasteiger partial charge in [0.25, 0.3) is 0 Å². The summed E-state index contributed by atoms with van der Waals surface area (Å²) in [6.07, 6.45) is -0.684. The van der Waals surface area contributed by atoms with Crippen LogP contribution in [0.2, 0.25) is 5.15 Å². The second-order valence-corrected chi connectivity index (χ2v) is 19.9. The van der Waals surface area contributed by atoms with Crippen molar-refractivity contribution in [2.45, 2.75) is 62.9 Å². The van der Waals surface area contributed by atoms with Crippen LogP contribution in [0.25, 0.3) is 27.0 Å². The summed E-state index contributed by atoms with van der Waals surface area (Å²) in [5.74, 6) is 1.51. The number of aromatic nitrogens is 7. The van der Waals surface area contributed by atoms with E-state index >= 15 is 4.39 Å². The van der Waals surface area contributed by atoms with Crippen LogP contribution in [0, 0.1) is 25.3 Å². The molecule has 0 bridgehead atoms. The highest BCUT2D eigenvalue weighted by Crippen LogP contribution is 2.57. The minimum Gasteiger partial charge on any atom is -0.497 e. The maximum Gasteiger partial charge on any atom is 0.373 e. The van der Waals surface area contributed by atoms with E-state index in [4.69, 9.17) is 72.1 Å². The summed E-state index contributed by atoms with van der Waals surface area (Å²) in [5.41, 5.74) is 4.31. The zero-order valence-corrected chi connectivity index (χ0v) is 41.0. The fourth-order valence-corrected chi connectivity index (χ4v) is 11.6. The molecule has 8 atom stereocenters. The van der Waals surface area contributed by atoms with Crippen LogP contribution < -0.4 is 9.47 Å². The normalized spacial score (nSPS) is 21.8. The quantitative estimate of drug-likeness (QED) is 0.0246. The number of alkyl halides is 1. The maximum absolute atomic E-state index is 17.7. The van der Waals surface area contributed by atoms with Gasteiger partial charge >= 0.3 is 12.9 Å². The molecule has 1 aliphatic carbocycles. The predicted molar refractivity (Wildman–Crippen MR) is 258 cm³/mol. The predicted octanol–water partition coefficient (Wildman–Crippen LogP) is 9.06. The Morgan fingerprint density at radius 1 is 0.914 bits per heavy atom. The highest BCUT2D eigenvalue weighted by Gasteiger charge is 2.52. The number of benzene rings is 4. The van der Waals surface area contributed by atoms with Crippen LogP contribution in [-0.4, -0.2) is 99.6 Å². The topological polar surface area (TPSA) is 177 Å². The van der Waals surface area contributed by atoms with Crippen LogP contribution in [-0.2, 0) is 50.0 Å². The van der Waals surface area contributed by atoms with E-state index in [1.54, 1.807) is 20.5 Å². The number of hydrogen-bond donors (Lipinski definition) is 0. The lowest BCUT2D eigenvalue weighted by Gasteiger charge is -2.45. The number of aryl methyl sites for hydroxylation is 1. The van der Waals surface area contributed by atoms with Crippen LogP contribution in [0.4, 0.5) is 4.39 Å². The second kappa shape index (κ2) is 22.4. The molecule has 4 aromatic carbocycles. The van der Waals surface area contributed by atoms with Crippen molar-refractivity contribution in [3.8, 4) is 11.5 Å². The van der Waals surface area contributed by atoms with Gasteiger partial charge in [0.2, 0.25) is 6.54 Å². The molecule has 1 saturated heterocycles. The molecular weight excluding hydrogens is 962 g/mol. The fourth-order valence-electron chi connectivity index (χ4n) is 9.31. The van der Waals surface area contributed by atoms with Gasteiger partial charge in [0.05, 0.1) is 39.3 Å². The van der Waals surface area contributed by atoms with E-state index < -0.39 is 36.9 Å². The SMILES string of the molecule is O=C=O.[C-]#[N+]CCOP(=S)(OC[C@H]1C[C@@H](n2cnc3c(Cl)ncnc32)[C@@H]1CC)O[C@H]1[C@@H](F)[C@H](n2nnc3c(C)cccc32)O[C@@H]1COC(c1ccccc1)(c1ccc(OC)cc1)c1ccc(OC)cc1. The number of carbonyl (C=O) groups excluding carboxylic acids is 2. The molecule has 4 heterocycles. The molecule has 0 radical (unpaired) electrons. The Morgan fingerprint density at radius 3 is 2.23 bits per heavy atom. The van der Waals surface area contributed by atoms with Gasteiger partial charge in [0.15, 0.2) is 23.2 Å². The number of imidazole rings is 1. The molecule has 2 fully saturated rings. The molecule has 2 aliphatic rings. The van der Waals surface area contributed by atoms with Crippen molar-refractivity contribution in [2.24, 2.45) is 11.8 Å². The number of methoxy groups -OCH3 is 2. The maximum atomic E-state index is 17.7. The van der Waals surface area contributed by atoms with Gasteiger partial charge in [-0.2, -0.15) is 9.59 Å². The van der Waals surface area contributed by atoms with Gasteiger partial charge in [-0.25, -0.2) is 30.6 Å². The first-order valence-corrected chi connectivity index (χ1v) is 25.3. The number of nitrogens with zero attached hydrogens (tertiary/aromatic N) is 8. The molecule has 9 rings (SSSR count). The van der Waals surface area contributed by atoms with Gasteiger partial charge in [-0.3, -0.25) is 4.52 Å². The number of fused-ring (bicyclic) bond motifs is 2. The Balaban J connectivity index is 0.00000214. The summed E-state index contributed by atoms with van der Waals surface area (Å²) in [5, 5.41) is 9.08. The van der Waals surface area contributed by atoms with Gasteiger partial charge in [0, 0.05) is 6.04 Å². The van der Waals surface area contributed by atoms with Crippen LogP contribution in [0.5, 0.6) is 11.5 Å². The molecule has 21 heteroatoms. The molecule has 0 amide bonds. The molecule has 1 saturated carbocycles. The van der Waals surface area contributed by atoms with E-state index in [1.807, 2.05) is 109 Å². The van der Waals surface area contributed by atoms with Crippen LogP contribution >= 0.6 is 18.3 Å². The molecule has 364 valence electrons. The lowest BCUT2D eigenvalue weighted by atomic mass is 9.68. The van der Waals surface area contributed by atoms with E-state index in [0.29, 0.717) is 33.7 Å². The van der Waals surface area contributed by atoms with E-state index in [9.17, 15) is 0 Å². The van der Waals surface area contributed by atoms with E-state index in [0.717, 1.165) is 35.1 Å². The van der Waals surface area contributed by atoms with Crippen LogP contribution in [0.3, 0.4) is 0 Å². The molecule has 7 aromatic rings. The van der Waals surface area contributed by atoms with Crippen molar-refractivity contribution in [2.75, 3.05) is 40.6 Å². The third kappa shape index (κ3) is 10.1. The van der Waals surface area contributed by atoms with Gasteiger partial charge in [0.1, 0.15) is 53.3 Å². The average molecular weight is 1010 g/mol. The smallest absolute Gasteiger partial charge is 0.373 e. The van der Waals surface area contributed by atoms with Crippen molar-refractivity contribution in [3.63, 3.8) is 0 Å². The summed E-state index contributed by atoms with van der Waals surface area (Å²) in [7, 11) is 3.22. The third-order valence-electron chi connectivity index (χ3n) is 12.8. The fraction of sp³-hybridized carbons (Fsp3) is 0.367. The van der Waals surface area contributed by atoms with Crippen molar-refractivity contribution in [1.29, 1.82) is 0 Å². The highest BCUT2D eigenvalue weighted by atomic mass is 35.5. The van der Waals surface area contributed by atoms with Crippen molar-refractivity contribution < 1.29 is 46.5 Å². The largest absolute Gasteiger partial charge is 0.497 e. The Hall–Kier alpha value is -6.03. The average Bonchev–Trinajstić information content (AvgIpc) is 4.09. The van der Waals surface area contributed by atoms with Gasteiger partial charge in [-0.1, -0.05) is 96.9 Å². The standard InChI is InChI=1S/C48H49ClFN8O7PS.CO2/c1-6-37-31(25-39(37)57-29-54-43-45(49)52-28-53-46(43)57)26-63-66(67,62-24-23-51-3)65-44-40(64-47(41(44)50)58-38-14-10-11-30(2)42(38)55-56-58)27-61-48(32-12-8-7-9-13-32,33-15-19-35(59-4)20-16-33)34-17-21-36(60-5)22-18-34;2-1-3/h7-22,28-29,31,37,39-41,44,47H,6,23-27H2,1-2,4-5H3;/t31-,37-,39-,40-,41-,44-,47-,66?;/m1./s1. The second-order valence-electron chi connectivity index (χ2n) is 16.5. The highest BCUT2D eigenvalue weighted by molar-refractivity contribution is 8.07. The van der Waals surface area contributed by atoms with Gasteiger partial charge in [-0.15, -0.1) is 5.10 Å². The zero-order chi connectivity index (χ0) is 49.4. The van der Waals surface area contributed by atoms with Crippen LogP contribution in [0.1, 0.15) is 54.3 Å². The molecule has 1 aliphatic heterocycles. The Morgan fingerprint density at radius 2 is 1.59 bits per heavy atom. The Labute approximate surface area is 413 Å². The van der Waals surface area contributed by atoms with Gasteiger partial charge in [-0.05, 0) is 89.6 Å². The van der Waals surface area contributed by atoms with Crippen molar-refractivity contribution in [3.05, 3.63) is 149 Å². The molecule has 0 spiro atoms. The summed E-state index contributed by atoms with van der Waals surface area (Å²) in [6, 6.07) is 30.7. The van der Waals surface area contributed by atoms with Crippen LogP contribution in [0.15, 0.2) is 110 Å². The van der Waals surface area contributed by atoms with E-state index in [-0.39, 0.29) is 55.5 Å². The first-order chi connectivity index (χ1) is 34.0. The lowest BCUT2D eigenvalue weighted by molar-refractivity contribution is -0.191. The molecule has 0 N–H and O–H groups in total. The minimum absolute atomic E-state index is 0.00464. The Bertz CT molecular complexity index is 2960. The molecular formula is C49H49ClFN8O9PS. The number of ether oxygens (including phenoxy) is 4. The first-order valence-electron chi connectivity index (χ1n) is 22.3. The van der Waals surface area contributed by atoms with E-state index in [2.05, 4.69) is 37.0 Å². The summed E-state index contributed by atoms with van der Waals surface area (Å²) >= 11 is 12.5. The zero-order valence-electron chi connectivity index (χ0n) is 38.5. The Kier molecular flexibility index (Phi) is 16.1. The monoisotopic (exact) mass is 1010 g/mol. The van der Waals surface area contributed by atoms with Crippen molar-refractivity contribution in [1.82, 2.24) is 34.5 Å². The third-order valence-corrected chi connectivity index (χ3v) is 15.4. The minimum atomic E-state index is -3.80. The first kappa shape index (κ1) is 50.4. The number of hydrogen-bond acceptors (Lipinski definition) is 15. The lowest BCUT2D eigenvalue weighted by Crippen LogP contribution is -2.41. The summed E-state index contributed by atoms with van der Waals surface area (Å²) in [4.78, 5) is 32.7. The summed E-state index contributed by atoms with van der Waals surface area (Å²) in [6.45, 7) is 7.57. The molecule has 17 nitrogen and oxygen atoms in total. The molecule has 1 unspecified atom stereocenters. The molecule has 70 heavy (non-hydrogen) atoms. The number of rotatable bonds is 19. The van der Waals surface area contributed by atoms with Crippen molar-refractivity contribution >= 4 is 58.5 Å². The molecule has 3 aromatic heterocycles.